The first-order chi connectivity index (χ1) is 8.86. The Kier molecular flexibility index (Phi) is 5.11. The van der Waals surface area contributed by atoms with Crippen molar-refractivity contribution in [2.24, 2.45) is 0 Å². The summed E-state index contributed by atoms with van der Waals surface area (Å²) in [5, 5.41) is 18.4. The Morgan fingerprint density at radius 1 is 1.42 bits per heavy atom. The molecule has 0 aromatic rings. The van der Waals surface area contributed by atoms with E-state index in [1.54, 1.807) is 6.92 Å². The molecule has 0 saturated carbocycles. The lowest BCUT2D eigenvalue weighted by Crippen LogP contribution is -2.48. The molecule has 1 aliphatic rings. The van der Waals surface area contributed by atoms with Gasteiger partial charge in [0.1, 0.15) is 12.6 Å². The van der Waals surface area contributed by atoms with Crippen LogP contribution in [0.2, 0.25) is 0 Å². The molecule has 0 aromatic heterocycles. The molecular formula is C11H18N2O6. The summed E-state index contributed by atoms with van der Waals surface area (Å²) in [4.78, 5) is 36.4. The molecule has 2 N–H and O–H groups in total. The molecule has 0 radical (unpaired) electrons. The molecule has 2 unspecified atom stereocenters. The van der Waals surface area contributed by atoms with E-state index >= 15 is 0 Å². The lowest BCUT2D eigenvalue weighted by molar-refractivity contribution is -0.143. The van der Waals surface area contributed by atoms with Gasteiger partial charge in [0.15, 0.2) is 0 Å². The van der Waals surface area contributed by atoms with Gasteiger partial charge in [-0.15, -0.1) is 0 Å². The smallest absolute Gasteiger partial charge is 0.326 e. The molecular weight excluding hydrogens is 256 g/mol. The van der Waals surface area contributed by atoms with Crippen LogP contribution < -0.4 is 0 Å². The number of aliphatic carboxylic acids is 1. The van der Waals surface area contributed by atoms with Gasteiger partial charge in [0.05, 0.1) is 12.7 Å². The van der Waals surface area contributed by atoms with Crippen LogP contribution in [0.3, 0.4) is 0 Å². The summed E-state index contributed by atoms with van der Waals surface area (Å²) in [6.45, 7) is 1.55. The molecule has 0 aliphatic carbocycles. The molecule has 19 heavy (non-hydrogen) atoms. The Morgan fingerprint density at radius 2 is 2.05 bits per heavy atom. The Morgan fingerprint density at radius 3 is 2.58 bits per heavy atom. The van der Waals surface area contributed by atoms with Gasteiger partial charge in [0.25, 0.3) is 0 Å². The van der Waals surface area contributed by atoms with Crippen LogP contribution in [0.5, 0.6) is 0 Å². The minimum absolute atomic E-state index is 0.00564. The van der Waals surface area contributed by atoms with E-state index in [4.69, 9.17) is 9.84 Å². The number of aliphatic hydroxyl groups is 1. The fourth-order valence-corrected chi connectivity index (χ4v) is 1.95. The van der Waals surface area contributed by atoms with Crippen LogP contribution >= 0.6 is 0 Å². The number of esters is 1. The maximum absolute atomic E-state index is 12.0. The zero-order valence-corrected chi connectivity index (χ0v) is 10.9. The molecule has 1 rings (SSSR count). The van der Waals surface area contributed by atoms with E-state index in [0.29, 0.717) is 0 Å². The Hall–Kier alpha value is -1.83. The first kappa shape index (κ1) is 15.2. The van der Waals surface area contributed by atoms with Gasteiger partial charge in [-0.05, 0) is 6.92 Å². The fourth-order valence-electron chi connectivity index (χ4n) is 1.95. The fraction of sp³-hybridized carbons (Fsp3) is 0.727. The summed E-state index contributed by atoms with van der Waals surface area (Å²) >= 11 is 0. The molecule has 0 bridgehead atoms. The number of aliphatic hydroxyl groups excluding tert-OH is 1. The molecule has 2 atom stereocenters. The van der Waals surface area contributed by atoms with Gasteiger partial charge < -0.3 is 24.7 Å². The van der Waals surface area contributed by atoms with E-state index in [-0.39, 0.29) is 26.1 Å². The number of carbonyl (C=O) groups excluding carboxylic acids is 2. The normalized spacial score (nSPS) is 22.2. The Balaban J connectivity index is 2.65. The molecule has 8 heteroatoms. The number of hydrogen-bond donors (Lipinski definition) is 2. The molecule has 8 nitrogen and oxygen atoms in total. The highest BCUT2D eigenvalue weighted by atomic mass is 16.5. The molecule has 1 fully saturated rings. The number of β-amino-alcohol motifs (C(OH)–C–C–N with tert-alkyl or cyclic N) is 1. The second kappa shape index (κ2) is 6.37. The number of nitrogens with zero attached hydrogens (tertiary/aromatic N) is 2. The molecule has 108 valence electrons. The van der Waals surface area contributed by atoms with E-state index in [2.05, 4.69) is 0 Å². The first-order valence-corrected chi connectivity index (χ1v) is 5.95. The predicted molar refractivity (Wildman–Crippen MR) is 63.4 cm³/mol. The van der Waals surface area contributed by atoms with E-state index in [1.165, 1.54) is 7.05 Å². The average Bonchev–Trinajstić information content (AvgIpc) is 2.70. The van der Waals surface area contributed by atoms with Crippen LogP contribution in [0.25, 0.3) is 0 Å². The number of ether oxygens (including phenoxy) is 1. The average molecular weight is 274 g/mol. The number of amides is 2. The zero-order chi connectivity index (χ0) is 14.6. The van der Waals surface area contributed by atoms with Gasteiger partial charge in [0.2, 0.25) is 0 Å². The standard InChI is InChI=1S/C11H18N2O6/c1-3-19-9(15)6-12(2)11(18)13-5-7(14)4-8(13)10(16)17/h7-8,14H,3-6H2,1-2H3,(H,16,17). The van der Waals surface area contributed by atoms with Crippen molar-refractivity contribution >= 4 is 18.0 Å². The first-order valence-electron chi connectivity index (χ1n) is 5.95. The van der Waals surface area contributed by atoms with Crippen molar-refractivity contribution in [3.63, 3.8) is 0 Å². The van der Waals surface area contributed by atoms with Crippen molar-refractivity contribution < 1.29 is 29.3 Å². The zero-order valence-electron chi connectivity index (χ0n) is 10.9. The highest BCUT2D eigenvalue weighted by Crippen LogP contribution is 2.19. The van der Waals surface area contributed by atoms with E-state index in [0.717, 1.165) is 9.80 Å². The molecule has 0 aromatic carbocycles. The number of rotatable bonds is 4. The summed E-state index contributed by atoms with van der Waals surface area (Å²) in [6, 6.07) is -1.68. The molecule has 1 aliphatic heterocycles. The Bertz CT molecular complexity index is 372. The van der Waals surface area contributed by atoms with Gasteiger partial charge in [-0.25, -0.2) is 9.59 Å². The van der Waals surface area contributed by atoms with Gasteiger partial charge in [-0.3, -0.25) is 4.79 Å². The number of carboxylic acid groups (broad SMARTS) is 1. The second-order valence-electron chi connectivity index (χ2n) is 4.34. The third-order valence-electron chi connectivity index (χ3n) is 2.81. The Labute approximate surface area is 110 Å². The van der Waals surface area contributed by atoms with Crippen LogP contribution in [0.15, 0.2) is 0 Å². The third-order valence-corrected chi connectivity index (χ3v) is 2.81. The van der Waals surface area contributed by atoms with Gasteiger partial charge in [0, 0.05) is 20.0 Å². The number of carbonyl (C=O) groups is 3. The van der Waals surface area contributed by atoms with Crippen LogP contribution in [-0.4, -0.2) is 76.9 Å². The summed E-state index contributed by atoms with van der Waals surface area (Å²) in [6.07, 6.45) is -0.866. The van der Waals surface area contributed by atoms with Crippen molar-refractivity contribution in [3.05, 3.63) is 0 Å². The minimum atomic E-state index is -1.17. The van der Waals surface area contributed by atoms with Gasteiger partial charge in [-0.2, -0.15) is 0 Å². The molecule has 1 saturated heterocycles. The number of likely N-dealkylation sites (tertiary alicyclic amines) is 1. The lowest BCUT2D eigenvalue weighted by Gasteiger charge is -2.26. The number of likely N-dealkylation sites (N-methyl/N-ethyl adjacent to an activating group) is 1. The van der Waals surface area contributed by atoms with Crippen LogP contribution in [0, 0.1) is 0 Å². The van der Waals surface area contributed by atoms with E-state index in [1.807, 2.05) is 0 Å². The number of hydrogen-bond acceptors (Lipinski definition) is 5. The van der Waals surface area contributed by atoms with Crippen molar-refractivity contribution in [2.45, 2.75) is 25.5 Å². The monoisotopic (exact) mass is 274 g/mol. The summed E-state index contributed by atoms with van der Waals surface area (Å²) in [7, 11) is 1.38. The maximum atomic E-state index is 12.0. The maximum Gasteiger partial charge on any atom is 0.326 e. The number of urea groups is 1. The third kappa shape index (κ3) is 3.82. The van der Waals surface area contributed by atoms with Crippen LogP contribution in [-0.2, 0) is 14.3 Å². The van der Waals surface area contributed by atoms with Crippen LogP contribution in [0.4, 0.5) is 4.79 Å². The number of carboxylic acids is 1. The van der Waals surface area contributed by atoms with Crippen molar-refractivity contribution in [3.8, 4) is 0 Å². The highest BCUT2D eigenvalue weighted by Gasteiger charge is 2.40. The molecule has 1 heterocycles. The van der Waals surface area contributed by atoms with Crippen molar-refractivity contribution in [1.82, 2.24) is 9.80 Å². The second-order valence-corrected chi connectivity index (χ2v) is 4.34. The predicted octanol–water partition coefficient (Wildman–Crippen LogP) is -0.879. The summed E-state index contributed by atoms with van der Waals surface area (Å²) < 4.78 is 4.70. The van der Waals surface area contributed by atoms with Crippen LogP contribution in [0.1, 0.15) is 13.3 Å². The highest BCUT2D eigenvalue weighted by molar-refractivity contribution is 5.85. The quantitative estimate of drug-likeness (QED) is 0.645. The largest absolute Gasteiger partial charge is 0.480 e. The van der Waals surface area contributed by atoms with Gasteiger partial charge >= 0.3 is 18.0 Å². The van der Waals surface area contributed by atoms with Crippen molar-refractivity contribution in [2.75, 3.05) is 26.7 Å². The molecule has 0 spiro atoms. The summed E-state index contributed by atoms with van der Waals surface area (Å²) in [5.74, 6) is -1.74. The van der Waals surface area contributed by atoms with E-state index < -0.39 is 30.1 Å². The van der Waals surface area contributed by atoms with Gasteiger partial charge in [-0.1, -0.05) is 0 Å². The topological polar surface area (TPSA) is 107 Å². The molecule has 2 amide bonds. The van der Waals surface area contributed by atoms with E-state index in [9.17, 15) is 19.5 Å². The van der Waals surface area contributed by atoms with Crippen molar-refractivity contribution in [1.29, 1.82) is 0 Å². The summed E-state index contributed by atoms with van der Waals surface area (Å²) in [5.41, 5.74) is 0. The lowest BCUT2D eigenvalue weighted by atomic mass is 10.2. The SMILES string of the molecule is CCOC(=O)CN(C)C(=O)N1CC(O)CC1C(=O)O. The minimum Gasteiger partial charge on any atom is -0.480 e.